The number of hydrogen-bond donors (Lipinski definition) is 1. The van der Waals surface area contributed by atoms with E-state index < -0.39 is 6.36 Å². The highest BCUT2D eigenvalue weighted by atomic mass is 19.4. The highest BCUT2D eigenvalue weighted by molar-refractivity contribution is 5.92. The van der Waals surface area contributed by atoms with Gasteiger partial charge < -0.3 is 15.0 Å². The summed E-state index contributed by atoms with van der Waals surface area (Å²) < 4.78 is 42.0. The van der Waals surface area contributed by atoms with Crippen LogP contribution < -0.4 is 15.0 Å². The van der Waals surface area contributed by atoms with Crippen molar-refractivity contribution in [2.24, 2.45) is 0 Å². The highest BCUT2D eigenvalue weighted by Crippen LogP contribution is 2.26. The molecule has 0 aliphatic carbocycles. The van der Waals surface area contributed by atoms with Crippen LogP contribution in [0.2, 0.25) is 0 Å². The second-order valence-electron chi connectivity index (χ2n) is 7.26. The van der Waals surface area contributed by atoms with E-state index in [4.69, 9.17) is 0 Å². The summed E-state index contributed by atoms with van der Waals surface area (Å²) in [6.07, 6.45) is 2.98. The number of fused-ring (bicyclic) bond motifs is 1. The van der Waals surface area contributed by atoms with Crippen LogP contribution in [0.1, 0.15) is 25.7 Å². The lowest BCUT2D eigenvalue weighted by Gasteiger charge is -2.21. The zero-order chi connectivity index (χ0) is 21.8. The number of carbonyl (C=O) groups is 1. The molecule has 1 amide bonds. The molecule has 3 heterocycles. The first kappa shape index (κ1) is 20.9. The van der Waals surface area contributed by atoms with Crippen LogP contribution >= 0.6 is 0 Å². The van der Waals surface area contributed by atoms with Gasteiger partial charge in [-0.1, -0.05) is 12.8 Å². The van der Waals surface area contributed by atoms with Crippen LogP contribution in [0.15, 0.2) is 36.8 Å². The van der Waals surface area contributed by atoms with Gasteiger partial charge in [-0.25, -0.2) is 14.6 Å². The lowest BCUT2D eigenvalue weighted by molar-refractivity contribution is -0.274. The second-order valence-corrected chi connectivity index (χ2v) is 7.26. The van der Waals surface area contributed by atoms with Gasteiger partial charge in [0.2, 0.25) is 5.91 Å². The van der Waals surface area contributed by atoms with Gasteiger partial charge >= 0.3 is 6.36 Å². The Morgan fingerprint density at radius 3 is 2.45 bits per heavy atom. The first-order valence-electron chi connectivity index (χ1n) is 9.96. The molecule has 3 aromatic rings. The van der Waals surface area contributed by atoms with Gasteiger partial charge in [0.05, 0.1) is 11.6 Å². The van der Waals surface area contributed by atoms with Crippen molar-refractivity contribution in [3.05, 3.63) is 36.8 Å². The summed E-state index contributed by atoms with van der Waals surface area (Å²) >= 11 is 0. The van der Waals surface area contributed by atoms with Gasteiger partial charge in [-0.15, -0.1) is 13.2 Å². The minimum atomic E-state index is -4.76. The Morgan fingerprint density at radius 1 is 1.06 bits per heavy atom. The number of nitrogens with zero attached hydrogens (tertiary/aromatic N) is 5. The Bertz CT molecular complexity index is 1040. The molecule has 1 aromatic carbocycles. The summed E-state index contributed by atoms with van der Waals surface area (Å²) in [5.74, 6) is 0.0737. The lowest BCUT2D eigenvalue weighted by Crippen LogP contribution is -2.25. The molecule has 0 atom stereocenters. The molecule has 4 rings (SSSR count). The molecule has 1 aliphatic heterocycles. The van der Waals surface area contributed by atoms with E-state index in [2.05, 4.69) is 30.0 Å². The van der Waals surface area contributed by atoms with E-state index in [0.717, 1.165) is 49.3 Å². The molecule has 8 nitrogen and oxygen atoms in total. The fourth-order valence-electron chi connectivity index (χ4n) is 3.61. The highest BCUT2D eigenvalue weighted by Gasteiger charge is 2.31. The number of carbonyl (C=O) groups excluding carboxylic acids is 1. The van der Waals surface area contributed by atoms with Crippen LogP contribution in [0.25, 0.3) is 11.0 Å². The number of halogens is 3. The van der Waals surface area contributed by atoms with Crippen LogP contribution in [0.4, 0.5) is 24.7 Å². The van der Waals surface area contributed by atoms with Gasteiger partial charge in [0.15, 0.2) is 5.65 Å². The average Bonchev–Trinajstić information content (AvgIpc) is 2.94. The van der Waals surface area contributed by atoms with E-state index in [9.17, 15) is 18.0 Å². The fraction of sp³-hybridized carbons (Fsp3) is 0.400. The Morgan fingerprint density at radius 2 is 1.77 bits per heavy atom. The maximum Gasteiger partial charge on any atom is 0.573 e. The van der Waals surface area contributed by atoms with Crippen LogP contribution in [-0.2, 0) is 11.3 Å². The SMILES string of the molecule is O=C(Cn1ncc2c(N3CCCCCC3)ncnc21)Nc1ccc(OC(F)(F)F)cc1. The Kier molecular flexibility index (Phi) is 5.92. The number of alkyl halides is 3. The maximum absolute atomic E-state index is 12.4. The topological polar surface area (TPSA) is 85.2 Å². The number of nitrogens with one attached hydrogen (secondary N) is 1. The monoisotopic (exact) mass is 434 g/mol. The van der Waals surface area contributed by atoms with Crippen molar-refractivity contribution in [2.75, 3.05) is 23.3 Å². The number of rotatable bonds is 5. The maximum atomic E-state index is 12.4. The predicted molar refractivity (Wildman–Crippen MR) is 108 cm³/mol. The van der Waals surface area contributed by atoms with Crippen molar-refractivity contribution in [3.63, 3.8) is 0 Å². The van der Waals surface area contributed by atoms with E-state index in [1.807, 2.05) is 0 Å². The van der Waals surface area contributed by atoms with E-state index in [-0.39, 0.29) is 18.2 Å². The summed E-state index contributed by atoms with van der Waals surface area (Å²) in [7, 11) is 0. The van der Waals surface area contributed by atoms with Gasteiger partial charge in [0.1, 0.15) is 24.4 Å². The number of hydrogen-bond acceptors (Lipinski definition) is 6. The first-order chi connectivity index (χ1) is 14.9. The van der Waals surface area contributed by atoms with Crippen molar-refractivity contribution in [3.8, 4) is 5.75 Å². The molecule has 1 fully saturated rings. The van der Waals surface area contributed by atoms with Crippen molar-refractivity contribution in [1.82, 2.24) is 19.7 Å². The summed E-state index contributed by atoms with van der Waals surface area (Å²) in [5.41, 5.74) is 0.897. The fourth-order valence-corrected chi connectivity index (χ4v) is 3.61. The summed E-state index contributed by atoms with van der Waals surface area (Å²) in [4.78, 5) is 23.4. The summed E-state index contributed by atoms with van der Waals surface area (Å²) in [6, 6.07) is 4.93. The van der Waals surface area contributed by atoms with Gasteiger partial charge in [0.25, 0.3) is 0 Å². The largest absolute Gasteiger partial charge is 0.573 e. The van der Waals surface area contributed by atoms with Crippen molar-refractivity contribution < 1.29 is 22.7 Å². The molecule has 0 bridgehead atoms. The molecular weight excluding hydrogens is 413 g/mol. The standard InChI is InChI=1S/C20H21F3N6O2/c21-20(22,23)31-15-7-5-14(6-8-15)27-17(30)12-29-19-16(11-26-29)18(24-13-25-19)28-9-3-1-2-4-10-28/h5-8,11,13H,1-4,9-10,12H2,(H,27,30). The average molecular weight is 434 g/mol. The zero-order valence-corrected chi connectivity index (χ0v) is 16.6. The van der Waals surface area contributed by atoms with Gasteiger partial charge in [-0.2, -0.15) is 5.10 Å². The number of amides is 1. The smallest absolute Gasteiger partial charge is 0.406 e. The molecule has 0 radical (unpaired) electrons. The summed E-state index contributed by atoms with van der Waals surface area (Å²) in [5, 5.41) is 7.71. The minimum Gasteiger partial charge on any atom is -0.406 e. The third-order valence-electron chi connectivity index (χ3n) is 4.98. The molecular formula is C20H21F3N6O2. The van der Waals surface area contributed by atoms with Crippen molar-refractivity contribution >= 4 is 28.4 Å². The molecule has 0 spiro atoms. The number of anilines is 2. The molecule has 0 saturated carbocycles. The van der Waals surface area contributed by atoms with E-state index >= 15 is 0 Å². The minimum absolute atomic E-state index is 0.0965. The van der Waals surface area contributed by atoms with E-state index in [0.29, 0.717) is 11.3 Å². The molecule has 0 unspecified atom stereocenters. The molecule has 1 N–H and O–H groups in total. The Labute approximate surface area is 176 Å². The van der Waals surface area contributed by atoms with E-state index in [1.165, 1.54) is 36.0 Å². The molecule has 11 heteroatoms. The third-order valence-corrected chi connectivity index (χ3v) is 4.98. The van der Waals surface area contributed by atoms with Crippen LogP contribution in [0.3, 0.4) is 0 Å². The molecule has 1 aliphatic rings. The van der Waals surface area contributed by atoms with Gasteiger partial charge in [0, 0.05) is 18.8 Å². The second kappa shape index (κ2) is 8.78. The summed E-state index contributed by atoms with van der Waals surface area (Å²) in [6.45, 7) is 1.75. The number of ether oxygens (including phenoxy) is 1. The predicted octanol–water partition coefficient (Wildman–Crippen LogP) is 3.74. The molecule has 31 heavy (non-hydrogen) atoms. The van der Waals surface area contributed by atoms with Crippen molar-refractivity contribution in [1.29, 1.82) is 0 Å². The number of aromatic nitrogens is 4. The first-order valence-corrected chi connectivity index (χ1v) is 9.96. The van der Waals surface area contributed by atoms with Crippen LogP contribution in [0, 0.1) is 0 Å². The van der Waals surface area contributed by atoms with Gasteiger partial charge in [-0.05, 0) is 37.1 Å². The normalized spacial score (nSPS) is 15.0. The van der Waals surface area contributed by atoms with Gasteiger partial charge in [-0.3, -0.25) is 4.79 Å². The number of benzene rings is 1. The van der Waals surface area contributed by atoms with Crippen LogP contribution in [0.5, 0.6) is 5.75 Å². The van der Waals surface area contributed by atoms with Crippen LogP contribution in [-0.4, -0.2) is 45.1 Å². The lowest BCUT2D eigenvalue weighted by atomic mass is 10.2. The zero-order valence-electron chi connectivity index (χ0n) is 16.6. The molecule has 164 valence electrons. The Hall–Kier alpha value is -3.37. The third kappa shape index (κ3) is 5.22. The molecule has 2 aromatic heterocycles. The van der Waals surface area contributed by atoms with Crippen molar-refractivity contribution in [2.45, 2.75) is 38.6 Å². The van der Waals surface area contributed by atoms with E-state index in [1.54, 1.807) is 6.20 Å². The quantitative estimate of drug-likeness (QED) is 0.659. The Balaban J connectivity index is 1.45. The molecule has 1 saturated heterocycles.